The quantitative estimate of drug-likeness (QED) is 0.732. The van der Waals surface area contributed by atoms with Crippen molar-refractivity contribution in [2.75, 3.05) is 0 Å². The third-order valence-electron chi connectivity index (χ3n) is 1.74. The highest BCUT2D eigenvalue weighted by molar-refractivity contribution is 6.30. The average molecular weight is 217 g/mol. The average Bonchev–Trinajstić information content (AvgIpc) is 2.30. The van der Waals surface area contributed by atoms with Crippen molar-refractivity contribution in [2.24, 2.45) is 0 Å². The van der Waals surface area contributed by atoms with E-state index >= 15 is 0 Å². The minimum Gasteiger partial charge on any atom is -0.259 e. The number of hydrogen-bond acceptors (Lipinski definition) is 4. The van der Waals surface area contributed by atoms with Crippen LogP contribution in [0.15, 0.2) is 30.7 Å². The van der Waals surface area contributed by atoms with Crippen LogP contribution in [0.3, 0.4) is 0 Å². The van der Waals surface area contributed by atoms with Crippen molar-refractivity contribution < 1.29 is 0 Å². The normalized spacial score (nSPS) is 9.60. The third-order valence-corrected chi connectivity index (χ3v) is 1.96. The number of pyridine rings is 1. The maximum absolute atomic E-state index is 8.66. The molecule has 0 fully saturated rings. The molecule has 0 aliphatic heterocycles. The van der Waals surface area contributed by atoms with Gasteiger partial charge in [0, 0.05) is 6.20 Å². The van der Waals surface area contributed by atoms with Gasteiger partial charge in [0.2, 0.25) is 0 Å². The molecule has 4 nitrogen and oxygen atoms in total. The largest absolute Gasteiger partial charge is 0.259 e. The summed E-state index contributed by atoms with van der Waals surface area (Å²) in [4.78, 5) is 12.0. The molecule has 0 atom stereocenters. The van der Waals surface area contributed by atoms with Gasteiger partial charge in [0.1, 0.15) is 11.8 Å². The maximum Gasteiger partial charge on any atom is 0.159 e. The number of rotatable bonds is 1. The van der Waals surface area contributed by atoms with E-state index in [1.807, 2.05) is 6.07 Å². The standard InChI is InChI=1S/C10H5ClN4/c11-7-1-2-9(14-4-7)10-6-13-5-8(3-12)15-10/h1-2,4-6H. The molecule has 0 amide bonds. The van der Waals surface area contributed by atoms with Crippen LogP contribution in [0.25, 0.3) is 11.4 Å². The summed E-state index contributed by atoms with van der Waals surface area (Å²) in [6, 6.07) is 5.36. The fourth-order valence-electron chi connectivity index (χ4n) is 1.07. The lowest BCUT2D eigenvalue weighted by molar-refractivity contribution is 1.15. The first kappa shape index (κ1) is 9.56. The smallest absolute Gasteiger partial charge is 0.159 e. The van der Waals surface area contributed by atoms with E-state index in [1.54, 1.807) is 18.3 Å². The van der Waals surface area contributed by atoms with Crippen molar-refractivity contribution in [3.05, 3.63) is 41.4 Å². The zero-order chi connectivity index (χ0) is 10.7. The van der Waals surface area contributed by atoms with Crippen molar-refractivity contribution in [2.45, 2.75) is 0 Å². The molecule has 0 bridgehead atoms. The Hall–Kier alpha value is -1.99. The zero-order valence-corrected chi connectivity index (χ0v) is 8.31. The van der Waals surface area contributed by atoms with E-state index in [0.29, 0.717) is 16.4 Å². The molecule has 2 heterocycles. The predicted molar refractivity (Wildman–Crippen MR) is 55.0 cm³/mol. The minimum absolute atomic E-state index is 0.268. The second-order valence-corrected chi connectivity index (χ2v) is 3.20. The molecule has 15 heavy (non-hydrogen) atoms. The monoisotopic (exact) mass is 216 g/mol. The Balaban J connectivity index is 2.46. The van der Waals surface area contributed by atoms with Gasteiger partial charge >= 0.3 is 0 Å². The summed E-state index contributed by atoms with van der Waals surface area (Å²) in [6.45, 7) is 0. The second-order valence-electron chi connectivity index (χ2n) is 2.76. The molecule has 0 spiro atoms. The minimum atomic E-state index is 0.268. The van der Waals surface area contributed by atoms with E-state index in [1.165, 1.54) is 12.4 Å². The first-order valence-corrected chi connectivity index (χ1v) is 4.51. The van der Waals surface area contributed by atoms with Crippen LogP contribution in [0.2, 0.25) is 5.02 Å². The fourth-order valence-corrected chi connectivity index (χ4v) is 1.18. The van der Waals surface area contributed by atoms with E-state index in [0.717, 1.165) is 0 Å². The fraction of sp³-hybridized carbons (Fsp3) is 0. The predicted octanol–water partition coefficient (Wildman–Crippen LogP) is 2.06. The van der Waals surface area contributed by atoms with Crippen molar-refractivity contribution in [3.8, 4) is 17.5 Å². The Kier molecular flexibility index (Phi) is 2.57. The molecular weight excluding hydrogens is 212 g/mol. The van der Waals surface area contributed by atoms with Crippen LogP contribution in [0, 0.1) is 11.3 Å². The van der Waals surface area contributed by atoms with E-state index < -0.39 is 0 Å². The number of halogens is 1. The molecule has 0 aliphatic rings. The highest BCUT2D eigenvalue weighted by Gasteiger charge is 2.02. The Bertz CT molecular complexity index is 516. The molecule has 0 N–H and O–H groups in total. The molecule has 0 unspecified atom stereocenters. The third kappa shape index (κ3) is 2.09. The first-order valence-electron chi connectivity index (χ1n) is 4.13. The summed E-state index contributed by atoms with van der Waals surface area (Å²) in [5.41, 5.74) is 1.47. The second kappa shape index (κ2) is 4.03. The molecular formula is C10H5ClN4. The van der Waals surface area contributed by atoms with Gasteiger partial charge in [0.25, 0.3) is 0 Å². The summed E-state index contributed by atoms with van der Waals surface area (Å²) in [7, 11) is 0. The van der Waals surface area contributed by atoms with Gasteiger partial charge in [-0.2, -0.15) is 5.26 Å². The zero-order valence-electron chi connectivity index (χ0n) is 7.55. The molecule has 2 rings (SSSR count). The van der Waals surface area contributed by atoms with Crippen molar-refractivity contribution in [1.29, 1.82) is 5.26 Å². The highest BCUT2D eigenvalue weighted by atomic mass is 35.5. The van der Waals surface area contributed by atoms with Crippen LogP contribution in [-0.4, -0.2) is 15.0 Å². The molecule has 2 aromatic heterocycles. The van der Waals surface area contributed by atoms with Crippen LogP contribution < -0.4 is 0 Å². The Morgan fingerprint density at radius 3 is 2.67 bits per heavy atom. The molecule has 0 radical (unpaired) electrons. The van der Waals surface area contributed by atoms with Gasteiger partial charge < -0.3 is 0 Å². The van der Waals surface area contributed by atoms with Crippen LogP contribution in [0.1, 0.15) is 5.69 Å². The van der Waals surface area contributed by atoms with Crippen molar-refractivity contribution in [3.63, 3.8) is 0 Å². The SMILES string of the molecule is N#Cc1cncc(-c2ccc(Cl)cn2)n1. The van der Waals surface area contributed by atoms with Gasteiger partial charge in [-0.3, -0.25) is 9.97 Å². The van der Waals surface area contributed by atoms with Crippen molar-refractivity contribution >= 4 is 11.6 Å². The van der Waals surface area contributed by atoms with Crippen molar-refractivity contribution in [1.82, 2.24) is 15.0 Å². The van der Waals surface area contributed by atoms with Gasteiger partial charge in [-0.15, -0.1) is 0 Å². The Morgan fingerprint density at radius 2 is 2.00 bits per heavy atom. The summed E-state index contributed by atoms with van der Waals surface area (Å²) in [5, 5.41) is 9.22. The van der Waals surface area contributed by atoms with Gasteiger partial charge in [0.15, 0.2) is 5.69 Å². The summed E-state index contributed by atoms with van der Waals surface area (Å²) in [5.74, 6) is 0. The first-order chi connectivity index (χ1) is 7.29. The van der Waals surface area contributed by atoms with Gasteiger partial charge in [-0.1, -0.05) is 11.6 Å². The van der Waals surface area contributed by atoms with Gasteiger partial charge in [-0.25, -0.2) is 4.98 Å². The highest BCUT2D eigenvalue weighted by Crippen LogP contribution is 2.15. The van der Waals surface area contributed by atoms with Crippen LogP contribution in [0.5, 0.6) is 0 Å². The molecule has 0 saturated carbocycles. The number of nitrogens with zero attached hydrogens (tertiary/aromatic N) is 4. The summed E-state index contributed by atoms with van der Waals surface area (Å²) >= 11 is 5.71. The molecule has 0 saturated heterocycles. The Labute approximate surface area is 91.2 Å². The molecule has 0 aliphatic carbocycles. The lowest BCUT2D eigenvalue weighted by atomic mass is 10.3. The summed E-state index contributed by atoms with van der Waals surface area (Å²) < 4.78 is 0. The van der Waals surface area contributed by atoms with Crippen LogP contribution in [0.4, 0.5) is 0 Å². The maximum atomic E-state index is 8.66. The topological polar surface area (TPSA) is 62.5 Å². The molecule has 0 aromatic carbocycles. The van der Waals surface area contributed by atoms with E-state index in [9.17, 15) is 0 Å². The molecule has 5 heteroatoms. The van der Waals surface area contributed by atoms with E-state index in [-0.39, 0.29) is 5.69 Å². The molecule has 72 valence electrons. The number of hydrogen-bond donors (Lipinski definition) is 0. The number of aromatic nitrogens is 3. The Morgan fingerprint density at radius 1 is 1.13 bits per heavy atom. The van der Waals surface area contributed by atoms with Gasteiger partial charge in [-0.05, 0) is 12.1 Å². The van der Waals surface area contributed by atoms with Gasteiger partial charge in [0.05, 0.1) is 23.1 Å². The summed E-state index contributed by atoms with van der Waals surface area (Å²) in [6.07, 6.45) is 4.48. The lowest BCUT2D eigenvalue weighted by Crippen LogP contribution is -1.91. The van der Waals surface area contributed by atoms with Crippen LogP contribution in [-0.2, 0) is 0 Å². The van der Waals surface area contributed by atoms with Crippen LogP contribution >= 0.6 is 11.6 Å². The number of nitriles is 1. The lowest BCUT2D eigenvalue weighted by Gasteiger charge is -1.98. The van der Waals surface area contributed by atoms with E-state index in [4.69, 9.17) is 16.9 Å². The molecule has 2 aromatic rings. The van der Waals surface area contributed by atoms with E-state index in [2.05, 4.69) is 15.0 Å².